The first-order valence-electron chi connectivity index (χ1n) is 7.53. The van der Waals surface area contributed by atoms with Gasteiger partial charge in [-0.1, -0.05) is 48.5 Å². The SMILES string of the molecule is O=C(NOCc1ccccc1)c1occc1COc1ccccc1. The van der Waals surface area contributed by atoms with Gasteiger partial charge in [-0.05, 0) is 23.8 Å². The van der Waals surface area contributed by atoms with Crippen molar-refractivity contribution in [2.24, 2.45) is 0 Å². The summed E-state index contributed by atoms with van der Waals surface area (Å²) in [5.41, 5.74) is 4.00. The highest BCUT2D eigenvalue weighted by atomic mass is 16.7. The first kappa shape index (κ1) is 15.8. The van der Waals surface area contributed by atoms with E-state index in [4.69, 9.17) is 14.0 Å². The highest BCUT2D eigenvalue weighted by molar-refractivity contribution is 5.92. The molecule has 0 bridgehead atoms. The molecule has 5 heteroatoms. The van der Waals surface area contributed by atoms with Crippen molar-refractivity contribution in [3.8, 4) is 5.75 Å². The molecule has 0 radical (unpaired) electrons. The van der Waals surface area contributed by atoms with Crippen LogP contribution in [-0.4, -0.2) is 5.91 Å². The summed E-state index contributed by atoms with van der Waals surface area (Å²) < 4.78 is 10.9. The van der Waals surface area contributed by atoms with E-state index in [-0.39, 0.29) is 19.0 Å². The van der Waals surface area contributed by atoms with Gasteiger partial charge in [0.2, 0.25) is 0 Å². The summed E-state index contributed by atoms with van der Waals surface area (Å²) in [5.74, 6) is 0.465. The van der Waals surface area contributed by atoms with E-state index in [0.717, 1.165) is 11.3 Å². The summed E-state index contributed by atoms with van der Waals surface area (Å²) in [6, 6.07) is 20.7. The number of nitrogens with one attached hydrogen (secondary N) is 1. The lowest BCUT2D eigenvalue weighted by molar-refractivity contribution is 0.0210. The number of furan rings is 1. The molecular weight excluding hydrogens is 306 g/mol. The molecule has 0 fully saturated rings. The van der Waals surface area contributed by atoms with Gasteiger partial charge in [-0.15, -0.1) is 0 Å². The zero-order chi connectivity index (χ0) is 16.6. The number of amides is 1. The number of hydrogen-bond acceptors (Lipinski definition) is 4. The standard InChI is InChI=1S/C19H17NO4/c21-19(20-24-13-15-7-3-1-4-8-15)18-16(11-12-22-18)14-23-17-9-5-2-6-10-17/h1-12H,13-14H2,(H,20,21). The number of hydrogen-bond donors (Lipinski definition) is 1. The lowest BCUT2D eigenvalue weighted by atomic mass is 10.2. The average Bonchev–Trinajstić information content (AvgIpc) is 3.10. The summed E-state index contributed by atoms with van der Waals surface area (Å²) in [5, 5.41) is 0. The van der Waals surface area contributed by atoms with Crippen LogP contribution < -0.4 is 10.2 Å². The van der Waals surface area contributed by atoms with Crippen molar-refractivity contribution in [2.75, 3.05) is 0 Å². The number of carbonyl (C=O) groups excluding carboxylic acids is 1. The fourth-order valence-corrected chi connectivity index (χ4v) is 2.13. The van der Waals surface area contributed by atoms with Gasteiger partial charge in [-0.2, -0.15) is 0 Å². The summed E-state index contributed by atoms with van der Waals surface area (Å²) in [7, 11) is 0. The van der Waals surface area contributed by atoms with Crippen molar-refractivity contribution in [3.05, 3.63) is 89.9 Å². The third kappa shape index (κ3) is 4.24. The zero-order valence-electron chi connectivity index (χ0n) is 13.0. The molecule has 0 aliphatic rings. The normalized spacial score (nSPS) is 10.3. The molecule has 0 aliphatic carbocycles. The quantitative estimate of drug-likeness (QED) is 0.673. The van der Waals surface area contributed by atoms with E-state index >= 15 is 0 Å². The van der Waals surface area contributed by atoms with Crippen LogP contribution in [0, 0.1) is 0 Å². The summed E-state index contributed by atoms with van der Waals surface area (Å²) >= 11 is 0. The first-order chi connectivity index (χ1) is 11.8. The maximum Gasteiger partial charge on any atom is 0.310 e. The van der Waals surface area contributed by atoms with Crippen LogP contribution in [0.25, 0.3) is 0 Å². The Labute approximate surface area is 139 Å². The molecule has 0 saturated carbocycles. The smallest absolute Gasteiger partial charge is 0.310 e. The number of benzene rings is 2. The van der Waals surface area contributed by atoms with Crippen molar-refractivity contribution >= 4 is 5.91 Å². The highest BCUT2D eigenvalue weighted by Gasteiger charge is 2.16. The maximum atomic E-state index is 12.1. The van der Waals surface area contributed by atoms with Crippen LogP contribution >= 0.6 is 0 Å². The second-order valence-electron chi connectivity index (χ2n) is 5.08. The van der Waals surface area contributed by atoms with Gasteiger partial charge < -0.3 is 9.15 Å². The molecule has 1 aromatic heterocycles. The van der Waals surface area contributed by atoms with Gasteiger partial charge in [0.25, 0.3) is 0 Å². The Morgan fingerprint density at radius 2 is 1.62 bits per heavy atom. The van der Waals surface area contributed by atoms with Gasteiger partial charge in [-0.25, -0.2) is 5.48 Å². The van der Waals surface area contributed by atoms with Crippen molar-refractivity contribution in [2.45, 2.75) is 13.2 Å². The maximum absolute atomic E-state index is 12.1. The van der Waals surface area contributed by atoms with Crippen molar-refractivity contribution in [1.29, 1.82) is 0 Å². The Morgan fingerprint density at radius 1 is 0.917 bits per heavy atom. The van der Waals surface area contributed by atoms with E-state index < -0.39 is 5.91 Å². The fraction of sp³-hybridized carbons (Fsp3) is 0.105. The second kappa shape index (κ2) is 7.99. The molecule has 0 unspecified atom stereocenters. The Bertz CT molecular complexity index is 768. The minimum atomic E-state index is -0.442. The first-order valence-corrected chi connectivity index (χ1v) is 7.53. The van der Waals surface area contributed by atoms with Gasteiger partial charge in [-0.3, -0.25) is 9.63 Å². The number of ether oxygens (including phenoxy) is 1. The van der Waals surface area contributed by atoms with Crippen LogP contribution in [0.4, 0.5) is 0 Å². The van der Waals surface area contributed by atoms with Crippen molar-refractivity contribution in [3.63, 3.8) is 0 Å². The Balaban J connectivity index is 1.53. The van der Waals surface area contributed by atoms with Crippen molar-refractivity contribution in [1.82, 2.24) is 5.48 Å². The lowest BCUT2D eigenvalue weighted by Gasteiger charge is -2.07. The molecule has 0 saturated heterocycles. The summed E-state index contributed by atoms with van der Waals surface area (Å²) in [4.78, 5) is 17.4. The predicted molar refractivity (Wildman–Crippen MR) is 88.2 cm³/mol. The molecule has 1 amide bonds. The van der Waals surface area contributed by atoms with Crippen LogP contribution in [0.15, 0.2) is 77.4 Å². The monoisotopic (exact) mass is 323 g/mol. The van der Waals surface area contributed by atoms with E-state index in [1.54, 1.807) is 6.07 Å². The van der Waals surface area contributed by atoms with E-state index in [0.29, 0.717) is 5.56 Å². The molecule has 1 heterocycles. The Morgan fingerprint density at radius 3 is 2.38 bits per heavy atom. The van der Waals surface area contributed by atoms with Crippen LogP contribution in [0.2, 0.25) is 0 Å². The van der Waals surface area contributed by atoms with Gasteiger partial charge in [0.15, 0.2) is 5.76 Å². The minimum absolute atomic E-state index is 0.180. The number of rotatable bonds is 7. The molecule has 24 heavy (non-hydrogen) atoms. The van der Waals surface area contributed by atoms with E-state index in [1.807, 2.05) is 60.7 Å². The van der Waals surface area contributed by atoms with Gasteiger partial charge in [0, 0.05) is 5.56 Å². The highest BCUT2D eigenvalue weighted by Crippen LogP contribution is 2.15. The Hall–Kier alpha value is -3.05. The van der Waals surface area contributed by atoms with E-state index in [9.17, 15) is 4.79 Å². The van der Waals surface area contributed by atoms with E-state index in [1.165, 1.54) is 6.26 Å². The molecule has 0 atom stereocenters. The number of para-hydroxylation sites is 1. The number of carbonyl (C=O) groups is 1. The van der Waals surface area contributed by atoms with Gasteiger partial charge in [0.1, 0.15) is 12.4 Å². The van der Waals surface area contributed by atoms with Crippen LogP contribution in [0.3, 0.4) is 0 Å². The fourth-order valence-electron chi connectivity index (χ4n) is 2.13. The number of hydroxylamine groups is 1. The Kier molecular flexibility index (Phi) is 5.27. The molecular formula is C19H17NO4. The van der Waals surface area contributed by atoms with Gasteiger partial charge in [0.05, 0.1) is 12.9 Å². The molecule has 3 aromatic rings. The van der Waals surface area contributed by atoms with Crippen molar-refractivity contribution < 1.29 is 18.8 Å². The minimum Gasteiger partial charge on any atom is -0.489 e. The molecule has 0 spiro atoms. The topological polar surface area (TPSA) is 60.7 Å². The van der Waals surface area contributed by atoms with Gasteiger partial charge >= 0.3 is 5.91 Å². The molecule has 0 aliphatic heterocycles. The molecule has 1 N–H and O–H groups in total. The average molecular weight is 323 g/mol. The van der Waals surface area contributed by atoms with Crippen LogP contribution in [0.1, 0.15) is 21.7 Å². The molecule has 122 valence electrons. The largest absolute Gasteiger partial charge is 0.489 e. The summed E-state index contributed by atoms with van der Waals surface area (Å²) in [6.45, 7) is 0.519. The van der Waals surface area contributed by atoms with Crippen LogP contribution in [-0.2, 0) is 18.1 Å². The zero-order valence-corrected chi connectivity index (χ0v) is 13.0. The third-order valence-electron chi connectivity index (χ3n) is 3.34. The second-order valence-corrected chi connectivity index (χ2v) is 5.08. The lowest BCUT2D eigenvalue weighted by Crippen LogP contribution is -2.24. The van der Waals surface area contributed by atoms with Crippen LogP contribution in [0.5, 0.6) is 5.75 Å². The molecule has 5 nitrogen and oxygen atoms in total. The molecule has 3 rings (SSSR count). The third-order valence-corrected chi connectivity index (χ3v) is 3.34. The van der Waals surface area contributed by atoms with E-state index in [2.05, 4.69) is 5.48 Å². The predicted octanol–water partition coefficient (Wildman–Crippen LogP) is 3.72. The molecule has 2 aromatic carbocycles. The summed E-state index contributed by atoms with van der Waals surface area (Å²) in [6.07, 6.45) is 1.45.